The molecule has 0 aliphatic carbocycles. The monoisotopic (exact) mass is 1250 g/mol. The molecule has 0 radical (unpaired) electrons. The summed E-state index contributed by atoms with van der Waals surface area (Å²) in [5.41, 5.74) is 0. The molecule has 0 heterocycles. The highest BCUT2D eigenvalue weighted by atomic mass is 31.2. The summed E-state index contributed by atoms with van der Waals surface area (Å²) >= 11 is 0. The van der Waals surface area contributed by atoms with Gasteiger partial charge in [0.15, 0.2) is 12.2 Å². The first kappa shape index (κ1) is 83.1. The molecule has 3 N–H and O–H groups in total. The topological polar surface area (TPSA) is 237 Å². The summed E-state index contributed by atoms with van der Waals surface area (Å²) in [5, 5.41) is 10.5. The molecule has 0 fully saturated rings. The van der Waals surface area contributed by atoms with E-state index in [4.69, 9.17) is 37.0 Å². The summed E-state index contributed by atoms with van der Waals surface area (Å²) in [4.78, 5) is 72.1. The minimum atomic E-state index is -4.95. The van der Waals surface area contributed by atoms with E-state index in [2.05, 4.69) is 34.6 Å². The van der Waals surface area contributed by atoms with Gasteiger partial charge in [0.05, 0.1) is 26.4 Å². The van der Waals surface area contributed by atoms with Gasteiger partial charge in [0.25, 0.3) is 0 Å². The highest BCUT2D eigenvalue weighted by molar-refractivity contribution is 7.47. The van der Waals surface area contributed by atoms with Crippen LogP contribution < -0.4 is 0 Å². The van der Waals surface area contributed by atoms with Crippen molar-refractivity contribution in [1.82, 2.24) is 0 Å². The van der Waals surface area contributed by atoms with Gasteiger partial charge in [0, 0.05) is 25.7 Å². The molecular weight excluding hydrogens is 1130 g/mol. The van der Waals surface area contributed by atoms with Gasteiger partial charge in [0.2, 0.25) is 0 Å². The molecule has 0 aromatic heterocycles. The Kier molecular flexibility index (Phi) is 58.3. The predicted octanol–water partition coefficient (Wildman–Crippen LogP) is 18.6. The first-order valence-electron chi connectivity index (χ1n) is 34.6. The Morgan fingerprint density at radius 3 is 0.800 bits per heavy atom. The van der Waals surface area contributed by atoms with Crippen LogP contribution in [0.15, 0.2) is 0 Å². The number of rotatable bonds is 66. The van der Waals surface area contributed by atoms with Crippen molar-refractivity contribution >= 4 is 39.5 Å². The van der Waals surface area contributed by atoms with Crippen molar-refractivity contribution in [2.24, 2.45) is 5.92 Å². The third-order valence-electron chi connectivity index (χ3n) is 15.3. The first-order valence-corrected chi connectivity index (χ1v) is 37.6. The van der Waals surface area contributed by atoms with Crippen LogP contribution in [-0.2, 0) is 65.4 Å². The molecule has 0 rings (SSSR count). The van der Waals surface area contributed by atoms with Crippen LogP contribution in [-0.4, -0.2) is 96.7 Å². The van der Waals surface area contributed by atoms with Gasteiger partial charge in [-0.2, -0.15) is 0 Å². The van der Waals surface area contributed by atoms with Gasteiger partial charge in [-0.25, -0.2) is 9.13 Å². The number of carbonyl (C=O) groups is 4. The molecule has 85 heavy (non-hydrogen) atoms. The standard InChI is InChI=1S/C66H128O17P2/c1-6-9-12-15-17-19-21-22-25-28-32-35-40-45-50-64(69)77-56-62(83-66(71)52-47-42-37-33-29-26-23-24-27-30-34-39-43-48-59(4)5)58-81-85(74,75)79-54-60(67)53-78-84(72,73)80-57-61(55-76-63(68)49-44-38-14-11-8-3)82-65(70)51-46-41-36-31-20-18-16-13-10-7-2/h59-62,67H,6-58H2,1-5H3,(H,72,73)(H,74,75)/t60-,61+,62+/m0/s1. The number of ether oxygens (including phenoxy) is 4. The Morgan fingerprint density at radius 2 is 0.541 bits per heavy atom. The van der Waals surface area contributed by atoms with Gasteiger partial charge < -0.3 is 33.8 Å². The molecule has 17 nitrogen and oxygen atoms in total. The zero-order chi connectivity index (χ0) is 62.8. The maximum atomic E-state index is 13.0. The molecule has 2 unspecified atom stereocenters. The number of phosphoric ester groups is 2. The summed E-state index contributed by atoms with van der Waals surface area (Å²) in [6, 6.07) is 0. The lowest BCUT2D eigenvalue weighted by Gasteiger charge is -2.21. The van der Waals surface area contributed by atoms with Gasteiger partial charge in [-0.3, -0.25) is 37.3 Å². The second-order valence-electron chi connectivity index (χ2n) is 24.3. The maximum Gasteiger partial charge on any atom is 0.472 e. The van der Waals surface area contributed by atoms with Crippen molar-refractivity contribution in [2.45, 2.75) is 355 Å². The zero-order valence-corrected chi connectivity index (χ0v) is 56.5. The van der Waals surface area contributed by atoms with Crippen molar-refractivity contribution in [3.05, 3.63) is 0 Å². The fourth-order valence-electron chi connectivity index (χ4n) is 9.94. The lowest BCUT2D eigenvalue weighted by Crippen LogP contribution is -2.30. The maximum absolute atomic E-state index is 13.0. The Labute approximate surface area is 517 Å². The van der Waals surface area contributed by atoms with Crippen LogP contribution >= 0.6 is 15.6 Å². The fourth-order valence-corrected chi connectivity index (χ4v) is 11.5. The number of hydrogen-bond acceptors (Lipinski definition) is 15. The van der Waals surface area contributed by atoms with Crippen LogP contribution in [0.4, 0.5) is 0 Å². The van der Waals surface area contributed by atoms with E-state index in [0.29, 0.717) is 25.7 Å². The Balaban J connectivity index is 5.16. The summed E-state index contributed by atoms with van der Waals surface area (Å²) < 4.78 is 67.9. The van der Waals surface area contributed by atoms with E-state index in [0.717, 1.165) is 102 Å². The highest BCUT2D eigenvalue weighted by Gasteiger charge is 2.30. The van der Waals surface area contributed by atoms with Gasteiger partial charge in [-0.15, -0.1) is 0 Å². The van der Waals surface area contributed by atoms with Crippen LogP contribution in [0.1, 0.15) is 336 Å². The van der Waals surface area contributed by atoms with E-state index < -0.39 is 97.5 Å². The minimum Gasteiger partial charge on any atom is -0.462 e. The van der Waals surface area contributed by atoms with E-state index in [-0.39, 0.29) is 25.7 Å². The van der Waals surface area contributed by atoms with Crippen molar-refractivity contribution < 1.29 is 80.2 Å². The molecule has 0 aliphatic heterocycles. The van der Waals surface area contributed by atoms with Gasteiger partial charge in [0.1, 0.15) is 19.3 Å². The number of aliphatic hydroxyl groups is 1. The normalized spacial score (nSPS) is 14.2. The van der Waals surface area contributed by atoms with Crippen LogP contribution in [0.2, 0.25) is 0 Å². The molecule has 0 aliphatic rings. The quantitative estimate of drug-likeness (QED) is 0.0222. The molecule has 0 spiro atoms. The van der Waals surface area contributed by atoms with Gasteiger partial charge in [-0.1, -0.05) is 285 Å². The fraction of sp³-hybridized carbons (Fsp3) is 0.939. The largest absolute Gasteiger partial charge is 0.472 e. The lowest BCUT2D eigenvalue weighted by molar-refractivity contribution is -0.161. The average molecular weight is 1260 g/mol. The lowest BCUT2D eigenvalue weighted by atomic mass is 10.0. The first-order chi connectivity index (χ1) is 41.0. The van der Waals surface area contributed by atoms with E-state index in [1.165, 1.54) is 154 Å². The van der Waals surface area contributed by atoms with Crippen LogP contribution in [0, 0.1) is 5.92 Å². The summed E-state index contributed by atoms with van der Waals surface area (Å²) in [7, 11) is -9.88. The predicted molar refractivity (Wildman–Crippen MR) is 340 cm³/mol. The third-order valence-corrected chi connectivity index (χ3v) is 17.2. The Hall–Kier alpha value is -1.94. The summed E-state index contributed by atoms with van der Waals surface area (Å²) in [6.07, 6.45) is 44.7. The molecule has 0 aromatic rings. The number of carbonyl (C=O) groups excluding carboxylic acids is 4. The van der Waals surface area contributed by atoms with E-state index >= 15 is 0 Å². The SMILES string of the molecule is CCCCCCCCCCCCCCCCC(=O)OC[C@H](COP(=O)(O)OC[C@@H](O)COP(=O)(O)OC[C@@H](COC(=O)CCCCCCC)OC(=O)CCCCCCCCCCCC)OC(=O)CCCCCCCCCCCCCCCC(C)C. The zero-order valence-electron chi connectivity index (χ0n) is 54.7. The molecule has 0 saturated carbocycles. The molecule has 0 amide bonds. The second kappa shape index (κ2) is 59.7. The average Bonchev–Trinajstić information content (AvgIpc) is 3.58. The van der Waals surface area contributed by atoms with E-state index in [1.807, 2.05) is 0 Å². The number of unbranched alkanes of at least 4 members (excludes halogenated alkanes) is 38. The second-order valence-corrected chi connectivity index (χ2v) is 27.2. The number of esters is 4. The molecule has 19 heteroatoms. The van der Waals surface area contributed by atoms with Crippen molar-refractivity contribution in [3.8, 4) is 0 Å². The van der Waals surface area contributed by atoms with Gasteiger partial charge in [-0.05, 0) is 31.6 Å². The highest BCUT2D eigenvalue weighted by Crippen LogP contribution is 2.45. The molecular formula is C66H128O17P2. The number of aliphatic hydroxyl groups excluding tert-OH is 1. The number of hydrogen-bond donors (Lipinski definition) is 3. The Morgan fingerprint density at radius 1 is 0.318 bits per heavy atom. The van der Waals surface area contributed by atoms with Gasteiger partial charge >= 0.3 is 39.5 Å². The molecule has 0 saturated heterocycles. The van der Waals surface area contributed by atoms with Crippen LogP contribution in [0.3, 0.4) is 0 Å². The molecule has 0 aromatic carbocycles. The molecule has 504 valence electrons. The summed E-state index contributed by atoms with van der Waals surface area (Å²) in [5.74, 6) is -1.35. The Bertz CT molecular complexity index is 1650. The van der Waals surface area contributed by atoms with Crippen molar-refractivity contribution in [3.63, 3.8) is 0 Å². The third kappa shape index (κ3) is 60.7. The van der Waals surface area contributed by atoms with Crippen molar-refractivity contribution in [2.75, 3.05) is 39.6 Å². The molecule has 5 atom stereocenters. The van der Waals surface area contributed by atoms with E-state index in [9.17, 15) is 43.2 Å². The van der Waals surface area contributed by atoms with Crippen molar-refractivity contribution in [1.29, 1.82) is 0 Å². The van der Waals surface area contributed by atoms with Crippen LogP contribution in [0.25, 0.3) is 0 Å². The smallest absolute Gasteiger partial charge is 0.462 e. The number of phosphoric acid groups is 2. The summed E-state index contributed by atoms with van der Waals surface area (Å²) in [6.45, 7) is 7.14. The van der Waals surface area contributed by atoms with Crippen LogP contribution in [0.5, 0.6) is 0 Å². The van der Waals surface area contributed by atoms with E-state index in [1.54, 1.807) is 0 Å². The molecule has 0 bridgehead atoms. The minimum absolute atomic E-state index is 0.106.